The normalized spacial score (nSPS) is 11.0. The third kappa shape index (κ3) is 3.48. The van der Waals surface area contributed by atoms with Crippen LogP contribution in [-0.4, -0.2) is 22.9 Å². The van der Waals surface area contributed by atoms with Crippen molar-refractivity contribution in [1.82, 2.24) is 9.55 Å². The molecule has 0 radical (unpaired) electrons. The molecule has 0 aliphatic rings. The van der Waals surface area contributed by atoms with Crippen LogP contribution in [0.15, 0.2) is 88.8 Å². The maximum Gasteiger partial charge on any atom is 0.267 e. The Balaban J connectivity index is 1.74. The van der Waals surface area contributed by atoms with E-state index in [-0.39, 0.29) is 5.56 Å². The van der Waals surface area contributed by atoms with Crippen LogP contribution in [0.5, 0.6) is 5.75 Å². The number of methoxy groups -OCH3 is 1. The fourth-order valence-electron chi connectivity index (χ4n) is 2.88. The van der Waals surface area contributed by atoms with Crippen molar-refractivity contribution in [3.8, 4) is 11.4 Å². The standard InChI is InChI=1S/C22H18N4O2/c1-28-18-13-11-16(12-14-18)15-23-25-22-24-20-10-6-5-9-19(20)21(27)26(22)17-7-3-2-4-8-17/h2-15H,1H3,(H,24,25). The molecule has 28 heavy (non-hydrogen) atoms. The molecule has 1 aromatic heterocycles. The Kier molecular flexibility index (Phi) is 4.84. The van der Waals surface area contributed by atoms with Crippen molar-refractivity contribution in [2.75, 3.05) is 12.5 Å². The van der Waals surface area contributed by atoms with Gasteiger partial charge in [0.1, 0.15) is 5.75 Å². The lowest BCUT2D eigenvalue weighted by Crippen LogP contribution is -2.22. The molecule has 4 aromatic rings. The predicted molar refractivity (Wildman–Crippen MR) is 112 cm³/mol. The summed E-state index contributed by atoms with van der Waals surface area (Å²) in [6.45, 7) is 0. The van der Waals surface area contributed by atoms with Gasteiger partial charge in [0.2, 0.25) is 5.95 Å². The predicted octanol–water partition coefficient (Wildman–Crippen LogP) is 3.84. The number of hydrogen-bond donors (Lipinski definition) is 1. The minimum atomic E-state index is -0.154. The van der Waals surface area contributed by atoms with Crippen LogP contribution in [0, 0.1) is 0 Å². The number of rotatable bonds is 5. The van der Waals surface area contributed by atoms with Gasteiger partial charge in [-0.2, -0.15) is 5.10 Å². The summed E-state index contributed by atoms with van der Waals surface area (Å²) in [6, 6.07) is 24.1. The summed E-state index contributed by atoms with van der Waals surface area (Å²) >= 11 is 0. The van der Waals surface area contributed by atoms with Gasteiger partial charge in [0.25, 0.3) is 5.56 Å². The van der Waals surface area contributed by atoms with Crippen molar-refractivity contribution >= 4 is 23.1 Å². The summed E-state index contributed by atoms with van der Waals surface area (Å²) in [7, 11) is 1.62. The zero-order chi connectivity index (χ0) is 19.3. The molecule has 0 atom stereocenters. The van der Waals surface area contributed by atoms with Crippen molar-refractivity contribution in [3.05, 3.63) is 94.8 Å². The molecule has 0 saturated heterocycles. The lowest BCUT2D eigenvalue weighted by molar-refractivity contribution is 0.415. The number of anilines is 1. The molecule has 4 rings (SSSR count). The molecule has 0 bridgehead atoms. The van der Waals surface area contributed by atoms with Crippen LogP contribution in [-0.2, 0) is 0 Å². The number of hydrazone groups is 1. The van der Waals surface area contributed by atoms with E-state index in [0.717, 1.165) is 11.3 Å². The number of nitrogens with zero attached hydrogens (tertiary/aromatic N) is 3. The molecule has 1 heterocycles. The van der Waals surface area contributed by atoms with Crippen LogP contribution in [0.25, 0.3) is 16.6 Å². The van der Waals surface area contributed by atoms with E-state index in [2.05, 4.69) is 15.5 Å². The second-order valence-corrected chi connectivity index (χ2v) is 6.07. The second kappa shape index (κ2) is 7.75. The fraction of sp³-hybridized carbons (Fsp3) is 0.0455. The Morgan fingerprint density at radius 2 is 1.68 bits per heavy atom. The highest BCUT2D eigenvalue weighted by atomic mass is 16.5. The lowest BCUT2D eigenvalue weighted by Gasteiger charge is -2.12. The SMILES string of the molecule is COc1ccc(C=NNc2nc3ccccc3c(=O)n2-c2ccccc2)cc1. The van der Waals surface area contributed by atoms with E-state index in [4.69, 9.17) is 4.74 Å². The Morgan fingerprint density at radius 1 is 0.964 bits per heavy atom. The Morgan fingerprint density at radius 3 is 2.43 bits per heavy atom. The van der Waals surface area contributed by atoms with Crippen molar-refractivity contribution in [1.29, 1.82) is 0 Å². The number of para-hydroxylation sites is 2. The van der Waals surface area contributed by atoms with Gasteiger partial charge in [0.05, 0.1) is 29.9 Å². The van der Waals surface area contributed by atoms with Crippen LogP contribution in [0.3, 0.4) is 0 Å². The van der Waals surface area contributed by atoms with E-state index in [0.29, 0.717) is 22.5 Å². The van der Waals surface area contributed by atoms with Gasteiger partial charge in [0, 0.05) is 0 Å². The monoisotopic (exact) mass is 370 g/mol. The first-order valence-electron chi connectivity index (χ1n) is 8.76. The molecule has 0 spiro atoms. The number of aromatic nitrogens is 2. The summed E-state index contributed by atoms with van der Waals surface area (Å²) in [5.74, 6) is 1.12. The van der Waals surface area contributed by atoms with Gasteiger partial charge in [-0.15, -0.1) is 0 Å². The van der Waals surface area contributed by atoms with E-state index in [1.807, 2.05) is 72.8 Å². The molecule has 6 heteroatoms. The molecule has 3 aromatic carbocycles. The molecule has 138 valence electrons. The first-order valence-corrected chi connectivity index (χ1v) is 8.76. The van der Waals surface area contributed by atoms with Crippen LogP contribution in [0.2, 0.25) is 0 Å². The zero-order valence-electron chi connectivity index (χ0n) is 15.2. The average molecular weight is 370 g/mol. The third-order valence-corrected chi connectivity index (χ3v) is 4.28. The molecule has 1 N–H and O–H groups in total. The van der Waals surface area contributed by atoms with E-state index in [1.54, 1.807) is 19.4 Å². The van der Waals surface area contributed by atoms with Crippen molar-refractivity contribution in [3.63, 3.8) is 0 Å². The number of ether oxygens (including phenoxy) is 1. The van der Waals surface area contributed by atoms with Gasteiger partial charge in [-0.25, -0.2) is 15.0 Å². The minimum absolute atomic E-state index is 0.154. The summed E-state index contributed by atoms with van der Waals surface area (Å²) in [4.78, 5) is 17.7. The van der Waals surface area contributed by atoms with Gasteiger partial charge in [-0.3, -0.25) is 4.79 Å². The first kappa shape index (κ1) is 17.5. The Bertz CT molecular complexity index is 1180. The molecule has 0 fully saturated rings. The summed E-state index contributed by atoms with van der Waals surface area (Å²) in [5, 5.41) is 4.82. The van der Waals surface area contributed by atoms with Crippen LogP contribution >= 0.6 is 0 Å². The van der Waals surface area contributed by atoms with Gasteiger partial charge in [-0.05, 0) is 54.1 Å². The topological polar surface area (TPSA) is 68.5 Å². The minimum Gasteiger partial charge on any atom is -0.497 e. The Labute approximate surface area is 161 Å². The van der Waals surface area contributed by atoms with Crippen molar-refractivity contribution in [2.45, 2.75) is 0 Å². The first-order chi connectivity index (χ1) is 13.8. The maximum absolute atomic E-state index is 13.1. The van der Waals surface area contributed by atoms with Gasteiger partial charge in [-0.1, -0.05) is 30.3 Å². The molecule has 0 aliphatic carbocycles. The van der Waals surface area contributed by atoms with Crippen LogP contribution in [0.1, 0.15) is 5.56 Å². The molecular formula is C22H18N4O2. The van der Waals surface area contributed by atoms with Gasteiger partial charge >= 0.3 is 0 Å². The Hall–Kier alpha value is -3.93. The van der Waals surface area contributed by atoms with E-state index in [9.17, 15) is 4.79 Å². The van der Waals surface area contributed by atoms with Crippen LogP contribution < -0.4 is 15.7 Å². The van der Waals surface area contributed by atoms with Gasteiger partial charge in [0.15, 0.2) is 0 Å². The molecule has 6 nitrogen and oxygen atoms in total. The van der Waals surface area contributed by atoms with Crippen LogP contribution in [0.4, 0.5) is 5.95 Å². The van der Waals surface area contributed by atoms with E-state index >= 15 is 0 Å². The highest BCUT2D eigenvalue weighted by molar-refractivity contribution is 5.81. The fourth-order valence-corrected chi connectivity index (χ4v) is 2.88. The molecule has 0 saturated carbocycles. The van der Waals surface area contributed by atoms with E-state index < -0.39 is 0 Å². The number of fused-ring (bicyclic) bond motifs is 1. The molecular weight excluding hydrogens is 352 g/mol. The summed E-state index contributed by atoms with van der Waals surface area (Å²) < 4.78 is 6.68. The quantitative estimate of drug-likeness (QED) is 0.428. The maximum atomic E-state index is 13.1. The highest BCUT2D eigenvalue weighted by Gasteiger charge is 2.11. The molecule has 0 unspecified atom stereocenters. The largest absolute Gasteiger partial charge is 0.497 e. The van der Waals surface area contributed by atoms with E-state index in [1.165, 1.54) is 4.57 Å². The van der Waals surface area contributed by atoms with Crippen molar-refractivity contribution < 1.29 is 4.74 Å². The summed E-state index contributed by atoms with van der Waals surface area (Å²) in [6.07, 6.45) is 1.66. The summed E-state index contributed by atoms with van der Waals surface area (Å²) in [5.41, 5.74) is 4.98. The molecule has 0 aliphatic heterocycles. The van der Waals surface area contributed by atoms with Gasteiger partial charge < -0.3 is 4.74 Å². The number of nitrogens with one attached hydrogen (secondary N) is 1. The molecule has 0 amide bonds. The highest BCUT2D eigenvalue weighted by Crippen LogP contribution is 2.16. The smallest absolute Gasteiger partial charge is 0.267 e. The van der Waals surface area contributed by atoms with Crippen molar-refractivity contribution in [2.24, 2.45) is 5.10 Å². The second-order valence-electron chi connectivity index (χ2n) is 6.07. The third-order valence-electron chi connectivity index (χ3n) is 4.28. The average Bonchev–Trinajstić information content (AvgIpc) is 2.75. The lowest BCUT2D eigenvalue weighted by atomic mass is 10.2. The number of benzene rings is 3. The zero-order valence-corrected chi connectivity index (χ0v) is 15.2. The number of hydrogen-bond acceptors (Lipinski definition) is 5.